The second kappa shape index (κ2) is 8.08. The van der Waals surface area contributed by atoms with Crippen molar-refractivity contribution in [3.8, 4) is 0 Å². The third-order valence-electron chi connectivity index (χ3n) is 4.89. The van der Waals surface area contributed by atoms with Crippen LogP contribution in [-0.4, -0.2) is 85.8 Å². The van der Waals surface area contributed by atoms with Gasteiger partial charge in [-0.25, -0.2) is 5.06 Å². The molecular formula is C16H27N3O4. The van der Waals surface area contributed by atoms with E-state index in [-0.39, 0.29) is 17.7 Å². The highest BCUT2D eigenvalue weighted by Crippen LogP contribution is 2.21. The highest BCUT2D eigenvalue weighted by atomic mass is 16.7. The molecule has 0 bridgehead atoms. The molecule has 0 aliphatic carbocycles. The maximum Gasteiger partial charge on any atom is 0.251 e. The van der Waals surface area contributed by atoms with Crippen LogP contribution in [0.15, 0.2) is 0 Å². The summed E-state index contributed by atoms with van der Waals surface area (Å²) in [5.41, 5.74) is 0. The molecule has 0 saturated carbocycles. The molecule has 3 aliphatic rings. The second-order valence-corrected chi connectivity index (χ2v) is 6.51. The fraction of sp³-hybridized carbons (Fsp3) is 0.875. The smallest absolute Gasteiger partial charge is 0.251 e. The van der Waals surface area contributed by atoms with Gasteiger partial charge in [0.05, 0.1) is 25.7 Å². The number of morpholine rings is 1. The van der Waals surface area contributed by atoms with E-state index in [0.717, 1.165) is 45.7 Å². The zero-order valence-electron chi connectivity index (χ0n) is 13.7. The highest BCUT2D eigenvalue weighted by molar-refractivity contribution is 5.83. The summed E-state index contributed by atoms with van der Waals surface area (Å²) in [5, 5.41) is 1.52. The Labute approximate surface area is 137 Å². The van der Waals surface area contributed by atoms with E-state index < -0.39 is 0 Å². The van der Waals surface area contributed by atoms with Crippen LogP contribution in [0.3, 0.4) is 0 Å². The molecular weight excluding hydrogens is 298 g/mol. The molecule has 3 rings (SSSR count). The van der Waals surface area contributed by atoms with Crippen LogP contribution < -0.4 is 0 Å². The summed E-state index contributed by atoms with van der Waals surface area (Å²) in [6, 6.07) is 0. The van der Waals surface area contributed by atoms with Gasteiger partial charge in [-0.2, -0.15) is 0 Å². The Hall–Kier alpha value is -1.18. The molecule has 0 spiro atoms. The molecule has 2 amide bonds. The average Bonchev–Trinajstić information content (AvgIpc) is 2.62. The molecule has 3 saturated heterocycles. The predicted molar refractivity (Wildman–Crippen MR) is 83.5 cm³/mol. The topological polar surface area (TPSA) is 62.3 Å². The largest absolute Gasteiger partial charge is 0.379 e. The summed E-state index contributed by atoms with van der Waals surface area (Å²) in [5.74, 6) is 0.103. The van der Waals surface area contributed by atoms with Crippen molar-refractivity contribution in [1.82, 2.24) is 14.9 Å². The standard InChI is InChI=1S/C16H27N3O4/c20-15-4-3-14(16(21)19-5-1-2-10-23-19)13-18(15)7-6-17-8-11-22-12-9-17/h14H,1-13H2. The molecule has 7 heteroatoms. The van der Waals surface area contributed by atoms with Crippen LogP contribution in [0.25, 0.3) is 0 Å². The van der Waals surface area contributed by atoms with Crippen LogP contribution in [0.4, 0.5) is 0 Å². The summed E-state index contributed by atoms with van der Waals surface area (Å²) in [4.78, 5) is 34.3. The minimum atomic E-state index is -0.115. The van der Waals surface area contributed by atoms with Crippen molar-refractivity contribution >= 4 is 11.8 Å². The van der Waals surface area contributed by atoms with E-state index in [4.69, 9.17) is 9.57 Å². The number of carbonyl (C=O) groups excluding carboxylic acids is 2. The lowest BCUT2D eigenvalue weighted by Crippen LogP contribution is -2.50. The third-order valence-corrected chi connectivity index (χ3v) is 4.89. The van der Waals surface area contributed by atoms with Gasteiger partial charge in [0, 0.05) is 45.7 Å². The Morgan fingerprint density at radius 1 is 1.09 bits per heavy atom. The van der Waals surface area contributed by atoms with Crippen LogP contribution in [-0.2, 0) is 19.2 Å². The van der Waals surface area contributed by atoms with Crippen molar-refractivity contribution in [3.63, 3.8) is 0 Å². The number of hydrogen-bond acceptors (Lipinski definition) is 5. The zero-order valence-corrected chi connectivity index (χ0v) is 13.7. The normalized spacial score (nSPS) is 27.3. The van der Waals surface area contributed by atoms with Crippen molar-refractivity contribution in [3.05, 3.63) is 0 Å². The lowest BCUT2D eigenvalue weighted by atomic mass is 9.96. The number of rotatable bonds is 4. The van der Waals surface area contributed by atoms with Crippen molar-refractivity contribution in [2.45, 2.75) is 25.7 Å². The molecule has 1 unspecified atom stereocenters. The van der Waals surface area contributed by atoms with Crippen molar-refractivity contribution < 1.29 is 19.2 Å². The van der Waals surface area contributed by atoms with E-state index in [1.807, 2.05) is 4.90 Å². The summed E-state index contributed by atoms with van der Waals surface area (Å²) in [7, 11) is 0. The van der Waals surface area contributed by atoms with Crippen molar-refractivity contribution in [1.29, 1.82) is 0 Å². The van der Waals surface area contributed by atoms with Crippen molar-refractivity contribution in [2.24, 2.45) is 5.92 Å². The molecule has 0 aromatic heterocycles. The number of ether oxygens (including phenoxy) is 1. The van der Waals surface area contributed by atoms with Gasteiger partial charge in [0.2, 0.25) is 5.91 Å². The third kappa shape index (κ3) is 4.43. The van der Waals surface area contributed by atoms with E-state index >= 15 is 0 Å². The van der Waals surface area contributed by atoms with Gasteiger partial charge < -0.3 is 9.64 Å². The summed E-state index contributed by atoms with van der Waals surface area (Å²) >= 11 is 0. The molecule has 0 radical (unpaired) electrons. The second-order valence-electron chi connectivity index (χ2n) is 6.51. The monoisotopic (exact) mass is 325 g/mol. The Balaban J connectivity index is 1.49. The number of piperidine rings is 1. The molecule has 130 valence electrons. The molecule has 23 heavy (non-hydrogen) atoms. The maximum atomic E-state index is 12.5. The first-order chi connectivity index (χ1) is 11.2. The number of hydroxylamine groups is 2. The minimum absolute atomic E-state index is 0.0496. The maximum absolute atomic E-state index is 12.5. The fourth-order valence-corrected chi connectivity index (χ4v) is 3.39. The summed E-state index contributed by atoms with van der Waals surface area (Å²) in [6.07, 6.45) is 3.12. The number of hydrogen-bond donors (Lipinski definition) is 0. The van der Waals surface area contributed by atoms with Crippen molar-refractivity contribution in [2.75, 3.05) is 59.1 Å². The van der Waals surface area contributed by atoms with E-state index in [2.05, 4.69) is 4.90 Å². The van der Waals surface area contributed by atoms with Gasteiger partial charge in [-0.3, -0.25) is 19.3 Å². The molecule has 0 aromatic rings. The highest BCUT2D eigenvalue weighted by Gasteiger charge is 2.33. The zero-order chi connectivity index (χ0) is 16.1. The van der Waals surface area contributed by atoms with Gasteiger partial charge in [0.15, 0.2) is 0 Å². The SMILES string of the molecule is O=C1CCC(C(=O)N2CCCCO2)CN1CCN1CCOCC1. The first kappa shape index (κ1) is 16.7. The van der Waals surface area contributed by atoms with Crippen LogP contribution in [0, 0.1) is 5.92 Å². The summed E-state index contributed by atoms with van der Waals surface area (Å²) in [6.45, 7) is 6.76. The van der Waals surface area contributed by atoms with E-state index in [9.17, 15) is 9.59 Å². The van der Waals surface area contributed by atoms with Gasteiger partial charge in [-0.05, 0) is 19.3 Å². The molecule has 3 fully saturated rings. The van der Waals surface area contributed by atoms with Gasteiger partial charge >= 0.3 is 0 Å². The number of carbonyl (C=O) groups is 2. The van der Waals surface area contributed by atoms with E-state index in [1.165, 1.54) is 5.06 Å². The molecule has 0 N–H and O–H groups in total. The number of nitrogens with zero attached hydrogens (tertiary/aromatic N) is 3. The minimum Gasteiger partial charge on any atom is -0.379 e. The van der Waals surface area contributed by atoms with E-state index in [0.29, 0.717) is 39.1 Å². The lowest BCUT2D eigenvalue weighted by molar-refractivity contribution is -0.202. The van der Waals surface area contributed by atoms with Crippen LogP contribution in [0.2, 0.25) is 0 Å². The Morgan fingerprint density at radius 2 is 1.91 bits per heavy atom. The lowest BCUT2D eigenvalue weighted by Gasteiger charge is -2.36. The summed E-state index contributed by atoms with van der Waals surface area (Å²) < 4.78 is 5.34. The van der Waals surface area contributed by atoms with Crippen LogP contribution in [0.1, 0.15) is 25.7 Å². The Kier molecular flexibility index (Phi) is 5.85. The van der Waals surface area contributed by atoms with E-state index in [1.54, 1.807) is 0 Å². The Bertz CT molecular complexity index is 420. The molecule has 3 heterocycles. The average molecular weight is 325 g/mol. The number of likely N-dealkylation sites (tertiary alicyclic amines) is 1. The Morgan fingerprint density at radius 3 is 2.65 bits per heavy atom. The molecule has 1 atom stereocenters. The fourth-order valence-electron chi connectivity index (χ4n) is 3.39. The van der Waals surface area contributed by atoms with Gasteiger partial charge in [-0.1, -0.05) is 0 Å². The number of amides is 2. The van der Waals surface area contributed by atoms with Crippen LogP contribution >= 0.6 is 0 Å². The van der Waals surface area contributed by atoms with Gasteiger partial charge in [0.1, 0.15) is 0 Å². The van der Waals surface area contributed by atoms with Gasteiger partial charge in [0.25, 0.3) is 5.91 Å². The molecule has 0 aromatic carbocycles. The van der Waals surface area contributed by atoms with Gasteiger partial charge in [-0.15, -0.1) is 0 Å². The first-order valence-electron chi connectivity index (χ1n) is 8.76. The van der Waals surface area contributed by atoms with Crippen LogP contribution in [0.5, 0.6) is 0 Å². The molecule has 3 aliphatic heterocycles. The quantitative estimate of drug-likeness (QED) is 0.734. The first-order valence-corrected chi connectivity index (χ1v) is 8.76. The predicted octanol–water partition coefficient (Wildman–Crippen LogP) is 0.111. The molecule has 7 nitrogen and oxygen atoms in total.